The van der Waals surface area contributed by atoms with Gasteiger partial charge in [0.05, 0.1) is 10.2 Å². The maximum Gasteiger partial charge on any atom is 0.313 e. The van der Waals surface area contributed by atoms with E-state index >= 15 is 0 Å². The third-order valence-electron chi connectivity index (χ3n) is 3.08. The van der Waals surface area contributed by atoms with Gasteiger partial charge in [-0.3, -0.25) is 9.59 Å². The molecule has 0 saturated carbocycles. The number of amides is 2. The normalized spacial score (nSPS) is 15.5. The molecule has 2 N–H and O–H groups in total. The first-order valence-electron chi connectivity index (χ1n) is 6.44. The highest BCUT2D eigenvalue weighted by Gasteiger charge is 2.23. The molecule has 1 fully saturated rings. The lowest BCUT2D eigenvalue weighted by molar-refractivity contribution is -0.143. The Kier molecular flexibility index (Phi) is 5.24. The fourth-order valence-electron chi connectivity index (χ4n) is 1.99. The molecule has 1 heterocycles. The minimum atomic E-state index is -0.975. The summed E-state index contributed by atoms with van der Waals surface area (Å²) in [5.41, 5.74) is -0.359. The SMILES string of the molecule is O=C(Nc1cc(F)c(Br)cc1F)C(=O)N1CCCNCC1. The second-order valence-electron chi connectivity index (χ2n) is 4.60. The highest BCUT2D eigenvalue weighted by molar-refractivity contribution is 9.10. The van der Waals surface area contributed by atoms with Crippen molar-refractivity contribution in [1.82, 2.24) is 10.2 Å². The largest absolute Gasteiger partial charge is 0.333 e. The molecular formula is C13H14BrF2N3O2. The third kappa shape index (κ3) is 3.98. The molecule has 5 nitrogen and oxygen atoms in total. The number of hydrogen-bond donors (Lipinski definition) is 2. The summed E-state index contributed by atoms with van der Waals surface area (Å²) in [6.45, 7) is 2.23. The van der Waals surface area contributed by atoms with Crippen molar-refractivity contribution in [3.63, 3.8) is 0 Å². The van der Waals surface area contributed by atoms with Crippen molar-refractivity contribution < 1.29 is 18.4 Å². The van der Waals surface area contributed by atoms with E-state index in [0.29, 0.717) is 19.6 Å². The van der Waals surface area contributed by atoms with Crippen molar-refractivity contribution in [2.75, 3.05) is 31.5 Å². The van der Waals surface area contributed by atoms with Gasteiger partial charge in [-0.05, 0) is 35.0 Å². The summed E-state index contributed by atoms with van der Waals surface area (Å²) in [6, 6.07) is 1.72. The van der Waals surface area contributed by atoms with Crippen molar-refractivity contribution in [2.45, 2.75) is 6.42 Å². The summed E-state index contributed by atoms with van der Waals surface area (Å²) in [5, 5.41) is 5.21. The molecule has 0 aliphatic carbocycles. The monoisotopic (exact) mass is 361 g/mol. The number of carbonyl (C=O) groups excluding carboxylic acids is 2. The Hall–Kier alpha value is -1.54. The van der Waals surface area contributed by atoms with Crippen LogP contribution in [-0.4, -0.2) is 42.9 Å². The number of halogens is 3. The lowest BCUT2D eigenvalue weighted by Crippen LogP contribution is -2.41. The Morgan fingerprint density at radius 3 is 2.71 bits per heavy atom. The zero-order valence-electron chi connectivity index (χ0n) is 11.1. The maximum absolute atomic E-state index is 13.6. The Labute approximate surface area is 128 Å². The van der Waals surface area contributed by atoms with Crippen molar-refractivity contribution in [3.05, 3.63) is 28.2 Å². The number of carbonyl (C=O) groups is 2. The minimum absolute atomic E-state index is 0.0529. The van der Waals surface area contributed by atoms with Gasteiger partial charge in [-0.2, -0.15) is 0 Å². The molecule has 1 aromatic rings. The van der Waals surface area contributed by atoms with Gasteiger partial charge in [0, 0.05) is 25.7 Å². The molecule has 1 saturated heterocycles. The maximum atomic E-state index is 13.6. The highest BCUT2D eigenvalue weighted by Crippen LogP contribution is 2.23. The average Bonchev–Trinajstić information content (AvgIpc) is 2.72. The lowest BCUT2D eigenvalue weighted by Gasteiger charge is -2.19. The van der Waals surface area contributed by atoms with Crippen LogP contribution in [0.15, 0.2) is 16.6 Å². The topological polar surface area (TPSA) is 61.4 Å². The zero-order valence-corrected chi connectivity index (χ0v) is 12.7. The van der Waals surface area contributed by atoms with Crippen LogP contribution in [0.2, 0.25) is 0 Å². The van der Waals surface area contributed by atoms with Crippen LogP contribution in [0.1, 0.15) is 6.42 Å². The molecule has 1 aliphatic heterocycles. The van der Waals surface area contributed by atoms with Crippen LogP contribution in [0.3, 0.4) is 0 Å². The van der Waals surface area contributed by atoms with Crippen molar-refractivity contribution in [1.29, 1.82) is 0 Å². The average molecular weight is 362 g/mol. The quantitative estimate of drug-likeness (QED) is 0.588. The second-order valence-corrected chi connectivity index (χ2v) is 5.45. The molecule has 0 bridgehead atoms. The summed E-state index contributed by atoms with van der Waals surface area (Å²) in [5.74, 6) is -3.26. The van der Waals surface area contributed by atoms with Gasteiger partial charge < -0.3 is 15.5 Å². The van der Waals surface area contributed by atoms with Crippen molar-refractivity contribution in [3.8, 4) is 0 Å². The van der Waals surface area contributed by atoms with Crippen LogP contribution < -0.4 is 10.6 Å². The van der Waals surface area contributed by atoms with E-state index in [1.165, 1.54) is 4.90 Å². The van der Waals surface area contributed by atoms with Gasteiger partial charge in [-0.15, -0.1) is 0 Å². The van der Waals surface area contributed by atoms with Gasteiger partial charge in [0.1, 0.15) is 11.6 Å². The molecule has 21 heavy (non-hydrogen) atoms. The first kappa shape index (κ1) is 15.8. The van der Waals surface area contributed by atoms with Crippen LogP contribution in [0.4, 0.5) is 14.5 Å². The molecule has 2 rings (SSSR count). The Morgan fingerprint density at radius 1 is 1.19 bits per heavy atom. The molecule has 1 aliphatic rings. The fourth-order valence-corrected chi connectivity index (χ4v) is 2.30. The summed E-state index contributed by atoms with van der Waals surface area (Å²) in [4.78, 5) is 25.2. The number of nitrogens with zero attached hydrogens (tertiary/aromatic N) is 1. The molecular weight excluding hydrogens is 348 g/mol. The molecule has 1 aromatic carbocycles. The van der Waals surface area contributed by atoms with E-state index in [1.54, 1.807) is 0 Å². The lowest BCUT2D eigenvalue weighted by atomic mass is 10.3. The number of benzene rings is 1. The van der Waals surface area contributed by atoms with Crippen molar-refractivity contribution >= 4 is 33.4 Å². The first-order chi connectivity index (χ1) is 9.99. The van der Waals surface area contributed by atoms with Gasteiger partial charge >= 0.3 is 11.8 Å². The number of rotatable bonds is 1. The van der Waals surface area contributed by atoms with Gasteiger partial charge in [0.2, 0.25) is 0 Å². The van der Waals surface area contributed by atoms with E-state index in [4.69, 9.17) is 0 Å². The van der Waals surface area contributed by atoms with Crippen LogP contribution >= 0.6 is 15.9 Å². The van der Waals surface area contributed by atoms with E-state index in [0.717, 1.165) is 25.1 Å². The Morgan fingerprint density at radius 2 is 1.95 bits per heavy atom. The number of hydrogen-bond acceptors (Lipinski definition) is 3. The third-order valence-corrected chi connectivity index (χ3v) is 3.69. The van der Waals surface area contributed by atoms with Gasteiger partial charge in [0.15, 0.2) is 0 Å². The Bertz CT molecular complexity index is 561. The highest BCUT2D eigenvalue weighted by atomic mass is 79.9. The molecule has 0 unspecified atom stereocenters. The van der Waals surface area contributed by atoms with E-state index < -0.39 is 23.4 Å². The van der Waals surface area contributed by atoms with Crippen LogP contribution in [0.5, 0.6) is 0 Å². The predicted molar refractivity (Wildman–Crippen MR) is 76.8 cm³/mol. The van der Waals surface area contributed by atoms with E-state index in [-0.39, 0.29) is 10.2 Å². The first-order valence-corrected chi connectivity index (χ1v) is 7.24. The van der Waals surface area contributed by atoms with Gasteiger partial charge in [0.25, 0.3) is 0 Å². The standard InChI is InChI=1S/C13H14BrF2N3O2/c14-8-6-10(16)11(7-9(8)15)18-12(20)13(21)19-4-1-2-17-3-5-19/h6-7,17H,1-5H2,(H,18,20). The number of anilines is 1. The van der Waals surface area contributed by atoms with E-state index in [1.807, 2.05) is 0 Å². The second kappa shape index (κ2) is 6.95. The zero-order chi connectivity index (χ0) is 15.4. The predicted octanol–water partition coefficient (Wildman–Crippen LogP) is 1.49. The summed E-state index contributed by atoms with van der Waals surface area (Å²) >= 11 is 2.84. The summed E-state index contributed by atoms with van der Waals surface area (Å²) < 4.78 is 26.9. The molecule has 0 atom stereocenters. The molecule has 8 heteroatoms. The van der Waals surface area contributed by atoms with Crippen LogP contribution in [-0.2, 0) is 9.59 Å². The molecule has 0 aromatic heterocycles. The van der Waals surface area contributed by atoms with E-state index in [2.05, 4.69) is 26.6 Å². The van der Waals surface area contributed by atoms with Crippen LogP contribution in [0.25, 0.3) is 0 Å². The molecule has 2 amide bonds. The van der Waals surface area contributed by atoms with Crippen molar-refractivity contribution in [2.24, 2.45) is 0 Å². The van der Waals surface area contributed by atoms with Gasteiger partial charge in [-0.25, -0.2) is 8.78 Å². The summed E-state index contributed by atoms with van der Waals surface area (Å²) in [7, 11) is 0. The summed E-state index contributed by atoms with van der Waals surface area (Å²) in [6.07, 6.45) is 0.736. The fraction of sp³-hybridized carbons (Fsp3) is 0.385. The molecule has 0 spiro atoms. The Balaban J connectivity index is 2.06. The van der Waals surface area contributed by atoms with E-state index in [9.17, 15) is 18.4 Å². The molecule has 0 radical (unpaired) electrons. The van der Waals surface area contributed by atoms with Crippen LogP contribution in [0, 0.1) is 11.6 Å². The number of nitrogens with one attached hydrogen (secondary N) is 2. The molecule has 114 valence electrons. The van der Waals surface area contributed by atoms with Gasteiger partial charge in [-0.1, -0.05) is 0 Å². The minimum Gasteiger partial charge on any atom is -0.333 e. The smallest absolute Gasteiger partial charge is 0.313 e.